The fraction of sp³-hybridized carbons (Fsp3) is 0.261. The smallest absolute Gasteiger partial charge is 0.429 e. The van der Waals surface area contributed by atoms with Gasteiger partial charge in [0.05, 0.1) is 23.9 Å². The van der Waals surface area contributed by atoms with E-state index in [1.807, 2.05) is 6.07 Å². The molecule has 1 amide bonds. The van der Waals surface area contributed by atoms with Crippen molar-refractivity contribution in [2.75, 3.05) is 4.90 Å². The van der Waals surface area contributed by atoms with E-state index in [9.17, 15) is 19.2 Å². The first kappa shape index (κ1) is 21.1. The number of hydrogen-bond acceptors (Lipinski definition) is 5. The second-order valence-corrected chi connectivity index (χ2v) is 7.85. The van der Waals surface area contributed by atoms with Gasteiger partial charge in [0.25, 0.3) is 11.5 Å². The number of rotatable bonds is 4. The van der Waals surface area contributed by atoms with Crippen LogP contribution in [0, 0.1) is 17.1 Å². The lowest BCUT2D eigenvalue weighted by atomic mass is 9.88. The molecular weight excluding hydrogens is 387 g/mol. The molecule has 1 aliphatic heterocycles. The molecule has 0 N–H and O–H groups in total. The SMILES string of the molecule is C=C(C#N)C1(OC(=O)OC(C)(C)C)C(=O)N(Cc2ccccc2)c2c(F)cccc21. The molecule has 7 heteroatoms. The zero-order valence-corrected chi connectivity index (χ0v) is 16.9. The molecule has 0 fully saturated rings. The van der Waals surface area contributed by atoms with Crippen molar-refractivity contribution < 1.29 is 23.5 Å². The summed E-state index contributed by atoms with van der Waals surface area (Å²) in [6.07, 6.45) is -1.16. The van der Waals surface area contributed by atoms with Crippen LogP contribution in [0.25, 0.3) is 0 Å². The van der Waals surface area contributed by atoms with Gasteiger partial charge in [0.15, 0.2) is 0 Å². The molecule has 0 saturated heterocycles. The van der Waals surface area contributed by atoms with Gasteiger partial charge in [0.2, 0.25) is 0 Å². The molecule has 0 aliphatic carbocycles. The van der Waals surface area contributed by atoms with E-state index in [1.165, 1.54) is 18.2 Å². The van der Waals surface area contributed by atoms with Crippen molar-refractivity contribution in [2.24, 2.45) is 0 Å². The van der Waals surface area contributed by atoms with E-state index in [0.29, 0.717) is 0 Å². The molecule has 1 aliphatic rings. The highest BCUT2D eigenvalue weighted by Gasteiger charge is 2.58. The van der Waals surface area contributed by atoms with Gasteiger partial charge >= 0.3 is 6.16 Å². The summed E-state index contributed by atoms with van der Waals surface area (Å²) in [5.74, 6) is -1.47. The fourth-order valence-corrected chi connectivity index (χ4v) is 3.32. The molecule has 0 aromatic heterocycles. The Morgan fingerprint density at radius 2 is 1.87 bits per heavy atom. The highest BCUT2D eigenvalue weighted by molar-refractivity contribution is 6.10. The zero-order valence-electron chi connectivity index (χ0n) is 16.9. The largest absolute Gasteiger partial charge is 0.510 e. The van der Waals surface area contributed by atoms with E-state index in [0.717, 1.165) is 10.5 Å². The molecular formula is C23H21FN2O4. The Hall–Kier alpha value is -3.66. The van der Waals surface area contributed by atoms with Crippen molar-refractivity contribution in [1.29, 1.82) is 5.26 Å². The lowest BCUT2D eigenvalue weighted by Crippen LogP contribution is -2.45. The predicted molar refractivity (Wildman–Crippen MR) is 108 cm³/mol. The van der Waals surface area contributed by atoms with Gasteiger partial charge in [0.1, 0.15) is 11.4 Å². The number of carbonyl (C=O) groups is 2. The number of ether oxygens (including phenoxy) is 2. The second-order valence-electron chi connectivity index (χ2n) is 7.85. The van der Waals surface area contributed by atoms with Crippen molar-refractivity contribution in [3.8, 4) is 6.07 Å². The van der Waals surface area contributed by atoms with Gasteiger partial charge in [-0.2, -0.15) is 5.26 Å². The Kier molecular flexibility index (Phi) is 5.36. The minimum absolute atomic E-state index is 0.0196. The fourth-order valence-electron chi connectivity index (χ4n) is 3.32. The zero-order chi connectivity index (χ0) is 22.1. The summed E-state index contributed by atoms with van der Waals surface area (Å²) in [6, 6.07) is 14.8. The number of benzene rings is 2. The van der Waals surface area contributed by atoms with Gasteiger partial charge in [-0.1, -0.05) is 49.0 Å². The first-order valence-corrected chi connectivity index (χ1v) is 9.26. The number of halogens is 1. The highest BCUT2D eigenvalue weighted by atomic mass is 19.1. The van der Waals surface area contributed by atoms with Gasteiger partial charge in [0, 0.05) is 5.56 Å². The molecule has 1 unspecified atom stereocenters. The number of amides is 1. The monoisotopic (exact) mass is 408 g/mol. The summed E-state index contributed by atoms with van der Waals surface area (Å²) >= 11 is 0. The van der Waals surface area contributed by atoms with Crippen LogP contribution in [0.15, 0.2) is 60.7 Å². The van der Waals surface area contributed by atoms with Gasteiger partial charge in [-0.25, -0.2) is 9.18 Å². The number of fused-ring (bicyclic) bond motifs is 1. The van der Waals surface area contributed by atoms with Crippen LogP contribution in [0.4, 0.5) is 14.9 Å². The highest BCUT2D eigenvalue weighted by Crippen LogP contribution is 2.48. The summed E-state index contributed by atoms with van der Waals surface area (Å²) in [5, 5.41) is 9.55. The Bertz CT molecular complexity index is 1050. The van der Waals surface area contributed by atoms with Crippen molar-refractivity contribution in [3.63, 3.8) is 0 Å². The average molecular weight is 408 g/mol. The lowest BCUT2D eigenvalue weighted by Gasteiger charge is -2.29. The minimum atomic E-state index is -2.21. The van der Waals surface area contributed by atoms with Crippen molar-refractivity contribution >= 4 is 17.7 Å². The summed E-state index contributed by atoms with van der Waals surface area (Å²) in [5.41, 5.74) is -2.75. The maximum atomic E-state index is 14.9. The first-order chi connectivity index (χ1) is 14.1. The number of carbonyl (C=O) groups excluding carboxylic acids is 2. The third-order valence-corrected chi connectivity index (χ3v) is 4.55. The van der Waals surface area contributed by atoms with E-state index in [4.69, 9.17) is 9.47 Å². The topological polar surface area (TPSA) is 79.6 Å². The van der Waals surface area contributed by atoms with Crippen LogP contribution < -0.4 is 4.90 Å². The number of hydrogen-bond donors (Lipinski definition) is 0. The second kappa shape index (κ2) is 7.64. The number of para-hydroxylation sites is 1. The van der Waals surface area contributed by atoms with E-state index >= 15 is 0 Å². The van der Waals surface area contributed by atoms with Gasteiger partial charge < -0.3 is 14.4 Å². The summed E-state index contributed by atoms with van der Waals surface area (Å²) < 4.78 is 25.5. The summed E-state index contributed by atoms with van der Waals surface area (Å²) in [6.45, 7) is 8.55. The summed E-state index contributed by atoms with van der Waals surface area (Å²) in [4.78, 5) is 27.2. The number of nitrogens with zero attached hydrogens (tertiary/aromatic N) is 2. The Balaban J connectivity index is 2.14. The van der Waals surface area contributed by atoms with Crippen LogP contribution >= 0.6 is 0 Å². The Labute approximate surface area is 174 Å². The molecule has 2 aromatic rings. The molecule has 1 atom stereocenters. The maximum absolute atomic E-state index is 14.9. The lowest BCUT2D eigenvalue weighted by molar-refractivity contribution is -0.137. The third kappa shape index (κ3) is 3.64. The van der Waals surface area contributed by atoms with E-state index in [1.54, 1.807) is 51.1 Å². The molecule has 30 heavy (non-hydrogen) atoms. The Morgan fingerprint density at radius 3 is 2.47 bits per heavy atom. The van der Waals surface area contributed by atoms with Crippen LogP contribution in [-0.2, 0) is 26.4 Å². The number of anilines is 1. The molecule has 3 rings (SSSR count). The van der Waals surface area contributed by atoms with Crippen LogP contribution in [-0.4, -0.2) is 17.7 Å². The molecule has 0 radical (unpaired) electrons. The normalized spacial score (nSPS) is 17.8. The minimum Gasteiger partial charge on any atom is -0.429 e. The average Bonchev–Trinajstić information content (AvgIpc) is 2.91. The quantitative estimate of drug-likeness (QED) is 0.546. The molecule has 1 heterocycles. The van der Waals surface area contributed by atoms with Gasteiger partial charge in [-0.05, 0) is 32.4 Å². The van der Waals surface area contributed by atoms with Crippen LogP contribution in [0.3, 0.4) is 0 Å². The van der Waals surface area contributed by atoms with Crippen LogP contribution in [0.2, 0.25) is 0 Å². The molecule has 154 valence electrons. The molecule has 0 spiro atoms. The third-order valence-electron chi connectivity index (χ3n) is 4.55. The van der Waals surface area contributed by atoms with Crippen molar-refractivity contribution in [3.05, 3.63) is 77.6 Å². The maximum Gasteiger partial charge on any atom is 0.510 e. The Morgan fingerprint density at radius 1 is 1.20 bits per heavy atom. The van der Waals surface area contributed by atoms with Gasteiger partial charge in [-0.3, -0.25) is 4.79 Å². The first-order valence-electron chi connectivity index (χ1n) is 9.26. The standard InChI is InChI=1S/C23H21FN2O4/c1-15(13-25)23(30-21(28)29-22(2,3)4)17-11-8-12-18(24)19(17)26(20(23)27)14-16-9-6-5-7-10-16/h5-12H,1,14H2,2-4H3. The van der Waals surface area contributed by atoms with E-state index in [2.05, 4.69) is 6.58 Å². The molecule has 6 nitrogen and oxygen atoms in total. The van der Waals surface area contributed by atoms with E-state index in [-0.39, 0.29) is 23.4 Å². The molecule has 0 saturated carbocycles. The van der Waals surface area contributed by atoms with Crippen LogP contribution in [0.1, 0.15) is 31.9 Å². The van der Waals surface area contributed by atoms with Crippen molar-refractivity contribution in [1.82, 2.24) is 0 Å². The van der Waals surface area contributed by atoms with E-state index < -0.39 is 29.1 Å². The molecule has 0 bridgehead atoms. The van der Waals surface area contributed by atoms with Crippen molar-refractivity contribution in [2.45, 2.75) is 38.5 Å². The molecule has 2 aromatic carbocycles. The predicted octanol–water partition coefficient (Wildman–Crippen LogP) is 4.60. The van der Waals surface area contributed by atoms with Gasteiger partial charge in [-0.15, -0.1) is 0 Å². The summed E-state index contributed by atoms with van der Waals surface area (Å²) in [7, 11) is 0. The van der Waals surface area contributed by atoms with Crippen LogP contribution in [0.5, 0.6) is 0 Å². The number of nitriles is 1.